The van der Waals surface area contributed by atoms with Crippen molar-refractivity contribution in [3.63, 3.8) is 0 Å². The van der Waals surface area contributed by atoms with Gasteiger partial charge in [-0.3, -0.25) is 4.99 Å². The highest BCUT2D eigenvalue weighted by Gasteiger charge is 2.06. The summed E-state index contributed by atoms with van der Waals surface area (Å²) in [5.41, 5.74) is 1.13. The van der Waals surface area contributed by atoms with Crippen LogP contribution in [0.3, 0.4) is 0 Å². The third kappa shape index (κ3) is 2.34. The largest absolute Gasteiger partial charge is 0.344 e. The average molecular weight is 289 g/mol. The SMILES string of the molecule is Brc1ccc2cc(NC3=NCCC3)ccc2c1. The minimum Gasteiger partial charge on any atom is -0.344 e. The normalized spacial score (nSPS) is 15.0. The van der Waals surface area contributed by atoms with Gasteiger partial charge in [0.15, 0.2) is 0 Å². The molecule has 1 aliphatic heterocycles. The first-order chi connectivity index (χ1) is 8.31. The van der Waals surface area contributed by atoms with Crippen LogP contribution in [0.25, 0.3) is 10.8 Å². The second kappa shape index (κ2) is 4.49. The highest BCUT2D eigenvalue weighted by atomic mass is 79.9. The lowest BCUT2D eigenvalue weighted by Crippen LogP contribution is -2.07. The number of aliphatic imine (C=N–C) groups is 1. The van der Waals surface area contributed by atoms with Gasteiger partial charge in [-0.15, -0.1) is 0 Å². The van der Waals surface area contributed by atoms with E-state index in [1.165, 1.54) is 17.2 Å². The van der Waals surface area contributed by atoms with Crippen LogP contribution in [0.1, 0.15) is 12.8 Å². The molecular formula is C14H13BrN2. The molecular weight excluding hydrogens is 276 g/mol. The number of anilines is 1. The van der Waals surface area contributed by atoms with Crippen molar-refractivity contribution in [2.75, 3.05) is 11.9 Å². The number of nitrogens with zero attached hydrogens (tertiary/aromatic N) is 1. The van der Waals surface area contributed by atoms with Crippen molar-refractivity contribution < 1.29 is 0 Å². The van der Waals surface area contributed by atoms with E-state index in [4.69, 9.17) is 0 Å². The van der Waals surface area contributed by atoms with E-state index in [2.05, 4.69) is 62.6 Å². The van der Waals surface area contributed by atoms with Crippen molar-refractivity contribution in [1.29, 1.82) is 0 Å². The molecule has 0 fully saturated rings. The van der Waals surface area contributed by atoms with Crippen LogP contribution in [-0.4, -0.2) is 12.4 Å². The Balaban J connectivity index is 1.93. The molecule has 1 N–H and O–H groups in total. The van der Waals surface area contributed by atoms with E-state index in [-0.39, 0.29) is 0 Å². The third-order valence-electron chi connectivity index (χ3n) is 2.97. The molecule has 0 radical (unpaired) electrons. The summed E-state index contributed by atoms with van der Waals surface area (Å²) in [7, 11) is 0. The number of benzene rings is 2. The number of rotatable bonds is 1. The van der Waals surface area contributed by atoms with Gasteiger partial charge < -0.3 is 5.32 Å². The summed E-state index contributed by atoms with van der Waals surface area (Å²) in [6.45, 7) is 0.961. The Morgan fingerprint density at radius 2 is 1.88 bits per heavy atom. The molecule has 17 heavy (non-hydrogen) atoms. The Labute approximate surface area is 109 Å². The molecule has 0 spiro atoms. The molecule has 86 valence electrons. The fourth-order valence-electron chi connectivity index (χ4n) is 2.10. The summed E-state index contributed by atoms with van der Waals surface area (Å²) < 4.78 is 1.12. The smallest absolute Gasteiger partial charge is 0.101 e. The highest BCUT2D eigenvalue weighted by Crippen LogP contribution is 2.23. The average Bonchev–Trinajstić information content (AvgIpc) is 2.82. The maximum Gasteiger partial charge on any atom is 0.101 e. The standard InChI is InChI=1S/C14H13BrN2/c15-12-5-3-11-9-13(6-4-10(11)8-12)17-14-2-1-7-16-14/h3-6,8-9H,1-2,7H2,(H,16,17). The van der Waals surface area contributed by atoms with Crippen LogP contribution in [0.15, 0.2) is 45.9 Å². The van der Waals surface area contributed by atoms with Crippen LogP contribution >= 0.6 is 15.9 Å². The van der Waals surface area contributed by atoms with E-state index in [9.17, 15) is 0 Å². The minimum absolute atomic E-state index is 0.961. The molecule has 0 saturated heterocycles. The topological polar surface area (TPSA) is 24.4 Å². The fraction of sp³-hybridized carbons (Fsp3) is 0.214. The van der Waals surface area contributed by atoms with Crippen molar-refractivity contribution >= 4 is 38.2 Å². The van der Waals surface area contributed by atoms with E-state index in [0.717, 1.165) is 29.0 Å². The summed E-state index contributed by atoms with van der Waals surface area (Å²) in [6.07, 6.45) is 2.24. The molecule has 0 saturated carbocycles. The van der Waals surface area contributed by atoms with Gasteiger partial charge in [0.1, 0.15) is 5.84 Å². The number of amidine groups is 1. The van der Waals surface area contributed by atoms with Crippen molar-refractivity contribution in [2.45, 2.75) is 12.8 Å². The first-order valence-electron chi connectivity index (χ1n) is 5.81. The number of halogens is 1. The molecule has 0 aliphatic carbocycles. The van der Waals surface area contributed by atoms with Crippen molar-refractivity contribution in [3.8, 4) is 0 Å². The number of nitrogens with one attached hydrogen (secondary N) is 1. The lowest BCUT2D eigenvalue weighted by molar-refractivity contribution is 0.951. The van der Waals surface area contributed by atoms with Crippen LogP contribution < -0.4 is 5.32 Å². The van der Waals surface area contributed by atoms with Crippen LogP contribution in [0.4, 0.5) is 5.69 Å². The number of fused-ring (bicyclic) bond motifs is 1. The maximum atomic E-state index is 4.42. The van der Waals surface area contributed by atoms with Gasteiger partial charge in [0.2, 0.25) is 0 Å². The van der Waals surface area contributed by atoms with Gasteiger partial charge in [-0.25, -0.2) is 0 Å². The van der Waals surface area contributed by atoms with E-state index < -0.39 is 0 Å². The fourth-order valence-corrected chi connectivity index (χ4v) is 2.48. The van der Waals surface area contributed by atoms with Crippen LogP contribution in [0.2, 0.25) is 0 Å². The lowest BCUT2D eigenvalue weighted by Gasteiger charge is -2.07. The van der Waals surface area contributed by atoms with Crippen LogP contribution in [0, 0.1) is 0 Å². The molecule has 0 bridgehead atoms. The maximum absolute atomic E-state index is 4.42. The monoisotopic (exact) mass is 288 g/mol. The molecule has 0 aromatic heterocycles. The highest BCUT2D eigenvalue weighted by molar-refractivity contribution is 9.10. The van der Waals surface area contributed by atoms with Crippen LogP contribution in [-0.2, 0) is 0 Å². The zero-order valence-electron chi connectivity index (χ0n) is 9.41. The van der Waals surface area contributed by atoms with Crippen LogP contribution in [0.5, 0.6) is 0 Å². The predicted molar refractivity (Wildman–Crippen MR) is 76.8 cm³/mol. The Bertz CT molecular complexity index is 590. The second-order valence-electron chi connectivity index (χ2n) is 4.26. The Morgan fingerprint density at radius 1 is 1.06 bits per heavy atom. The second-order valence-corrected chi connectivity index (χ2v) is 5.18. The molecule has 2 nitrogen and oxygen atoms in total. The Morgan fingerprint density at radius 3 is 2.71 bits per heavy atom. The number of hydrogen-bond donors (Lipinski definition) is 1. The molecule has 3 rings (SSSR count). The summed E-state index contributed by atoms with van der Waals surface area (Å²) in [5.74, 6) is 1.11. The van der Waals surface area contributed by atoms with E-state index in [1.54, 1.807) is 0 Å². The first kappa shape index (κ1) is 10.8. The third-order valence-corrected chi connectivity index (χ3v) is 3.46. The van der Waals surface area contributed by atoms with E-state index in [1.807, 2.05) is 0 Å². The quantitative estimate of drug-likeness (QED) is 0.835. The van der Waals surface area contributed by atoms with Crippen molar-refractivity contribution in [2.24, 2.45) is 4.99 Å². The van der Waals surface area contributed by atoms with E-state index in [0.29, 0.717) is 0 Å². The number of hydrogen-bond acceptors (Lipinski definition) is 2. The molecule has 2 aromatic rings. The van der Waals surface area contributed by atoms with Crippen molar-refractivity contribution in [3.05, 3.63) is 40.9 Å². The zero-order valence-corrected chi connectivity index (χ0v) is 11.0. The van der Waals surface area contributed by atoms with E-state index >= 15 is 0 Å². The molecule has 0 unspecified atom stereocenters. The predicted octanol–water partition coefficient (Wildman–Crippen LogP) is 4.21. The van der Waals surface area contributed by atoms with Gasteiger partial charge in [-0.05, 0) is 41.5 Å². The summed E-state index contributed by atoms with van der Waals surface area (Å²) in [6, 6.07) is 12.7. The zero-order chi connectivity index (χ0) is 11.7. The molecule has 0 amide bonds. The van der Waals surface area contributed by atoms with Crippen molar-refractivity contribution in [1.82, 2.24) is 0 Å². The first-order valence-corrected chi connectivity index (χ1v) is 6.60. The van der Waals surface area contributed by atoms with Gasteiger partial charge in [-0.2, -0.15) is 0 Å². The van der Waals surface area contributed by atoms with Gasteiger partial charge in [0.25, 0.3) is 0 Å². The van der Waals surface area contributed by atoms with Gasteiger partial charge in [-0.1, -0.05) is 28.1 Å². The summed E-state index contributed by atoms with van der Waals surface area (Å²) in [5, 5.41) is 5.88. The lowest BCUT2D eigenvalue weighted by atomic mass is 10.1. The minimum atomic E-state index is 0.961. The Kier molecular flexibility index (Phi) is 2.85. The molecule has 1 aliphatic rings. The van der Waals surface area contributed by atoms with Gasteiger partial charge in [0.05, 0.1) is 0 Å². The van der Waals surface area contributed by atoms with Gasteiger partial charge in [0, 0.05) is 23.1 Å². The Hall–Kier alpha value is -1.35. The van der Waals surface area contributed by atoms with Gasteiger partial charge >= 0.3 is 0 Å². The molecule has 3 heteroatoms. The molecule has 0 atom stereocenters. The summed E-state index contributed by atoms with van der Waals surface area (Å²) in [4.78, 5) is 4.42. The molecule has 2 aromatic carbocycles. The molecule has 1 heterocycles. The summed E-state index contributed by atoms with van der Waals surface area (Å²) >= 11 is 3.49.